The molecular weight excluding hydrogens is 194 g/mol. The van der Waals surface area contributed by atoms with Crippen molar-refractivity contribution in [3.05, 3.63) is 0 Å². The first-order chi connectivity index (χ1) is 6.61. The van der Waals surface area contributed by atoms with Gasteiger partial charge in [-0.25, -0.2) is 0 Å². The SMILES string of the molecule is CCC(=O)[C@@H](CC(C)C)SCCNC. The number of carbonyl (C=O) groups is 1. The van der Waals surface area contributed by atoms with Gasteiger partial charge in [-0.1, -0.05) is 20.8 Å². The van der Waals surface area contributed by atoms with Crippen LogP contribution in [-0.2, 0) is 4.79 Å². The number of ketones is 1. The van der Waals surface area contributed by atoms with Gasteiger partial charge in [-0.15, -0.1) is 11.8 Å². The number of nitrogens with one attached hydrogen (secondary N) is 1. The molecule has 0 saturated heterocycles. The van der Waals surface area contributed by atoms with Crippen molar-refractivity contribution in [1.29, 1.82) is 0 Å². The van der Waals surface area contributed by atoms with E-state index < -0.39 is 0 Å². The van der Waals surface area contributed by atoms with Crippen LogP contribution in [0.3, 0.4) is 0 Å². The zero-order valence-corrected chi connectivity index (χ0v) is 10.6. The lowest BCUT2D eigenvalue weighted by atomic mass is 10.0. The van der Waals surface area contributed by atoms with Gasteiger partial charge in [0.2, 0.25) is 0 Å². The van der Waals surface area contributed by atoms with Gasteiger partial charge < -0.3 is 5.32 Å². The maximum absolute atomic E-state index is 11.6. The van der Waals surface area contributed by atoms with Gasteiger partial charge in [0.15, 0.2) is 0 Å². The highest BCUT2D eigenvalue weighted by atomic mass is 32.2. The molecule has 0 fully saturated rings. The van der Waals surface area contributed by atoms with E-state index in [2.05, 4.69) is 19.2 Å². The zero-order chi connectivity index (χ0) is 11.0. The van der Waals surface area contributed by atoms with Crippen LogP contribution >= 0.6 is 11.8 Å². The lowest BCUT2D eigenvalue weighted by molar-refractivity contribution is -0.118. The molecule has 14 heavy (non-hydrogen) atoms. The molecule has 0 aromatic heterocycles. The number of thioether (sulfide) groups is 1. The zero-order valence-electron chi connectivity index (χ0n) is 9.80. The third-order valence-electron chi connectivity index (χ3n) is 2.06. The molecule has 0 aliphatic rings. The second-order valence-electron chi connectivity index (χ2n) is 3.91. The smallest absolute Gasteiger partial charge is 0.145 e. The Labute approximate surface area is 92.2 Å². The normalized spacial score (nSPS) is 13.2. The molecule has 0 aromatic rings. The monoisotopic (exact) mass is 217 g/mol. The van der Waals surface area contributed by atoms with Crippen molar-refractivity contribution in [2.24, 2.45) is 5.92 Å². The molecule has 0 spiro atoms. The third-order valence-corrected chi connectivity index (χ3v) is 3.36. The Bertz CT molecular complexity index is 159. The Kier molecular flexibility index (Phi) is 8.29. The van der Waals surface area contributed by atoms with E-state index in [1.807, 2.05) is 14.0 Å². The van der Waals surface area contributed by atoms with Crippen molar-refractivity contribution in [2.45, 2.75) is 38.9 Å². The molecule has 0 aromatic carbocycles. The summed E-state index contributed by atoms with van der Waals surface area (Å²) in [6, 6.07) is 0. The van der Waals surface area contributed by atoms with Crippen LogP contribution in [-0.4, -0.2) is 30.4 Å². The quantitative estimate of drug-likeness (QED) is 0.633. The summed E-state index contributed by atoms with van der Waals surface area (Å²) in [6.45, 7) is 7.29. The van der Waals surface area contributed by atoms with Crippen LogP contribution in [0.15, 0.2) is 0 Å². The minimum atomic E-state index is 0.216. The van der Waals surface area contributed by atoms with Gasteiger partial charge in [0, 0.05) is 18.7 Å². The van der Waals surface area contributed by atoms with E-state index in [-0.39, 0.29) is 5.25 Å². The number of rotatable bonds is 8. The van der Waals surface area contributed by atoms with E-state index in [0.717, 1.165) is 18.7 Å². The molecular formula is C11H23NOS. The third kappa shape index (κ3) is 6.44. The van der Waals surface area contributed by atoms with Gasteiger partial charge in [0.1, 0.15) is 5.78 Å². The standard InChI is InChI=1S/C11H23NOS/c1-5-10(13)11(8-9(2)3)14-7-6-12-4/h9,11-12H,5-8H2,1-4H3/t11-/m1/s1. The maximum Gasteiger partial charge on any atom is 0.145 e. The van der Waals surface area contributed by atoms with Crippen molar-refractivity contribution in [2.75, 3.05) is 19.3 Å². The number of hydrogen-bond donors (Lipinski definition) is 1. The van der Waals surface area contributed by atoms with E-state index in [1.54, 1.807) is 11.8 Å². The molecule has 1 atom stereocenters. The molecule has 2 nitrogen and oxygen atoms in total. The van der Waals surface area contributed by atoms with Crippen molar-refractivity contribution < 1.29 is 4.79 Å². The summed E-state index contributed by atoms with van der Waals surface area (Å²) >= 11 is 1.80. The van der Waals surface area contributed by atoms with Gasteiger partial charge in [0.25, 0.3) is 0 Å². The molecule has 84 valence electrons. The molecule has 0 saturated carbocycles. The van der Waals surface area contributed by atoms with Gasteiger partial charge in [-0.05, 0) is 19.4 Å². The van der Waals surface area contributed by atoms with Crippen LogP contribution in [0.1, 0.15) is 33.6 Å². The number of carbonyl (C=O) groups excluding carboxylic acids is 1. The van der Waals surface area contributed by atoms with E-state index in [1.165, 1.54) is 0 Å². The fourth-order valence-electron chi connectivity index (χ4n) is 1.25. The Morgan fingerprint density at radius 1 is 1.43 bits per heavy atom. The van der Waals surface area contributed by atoms with Crippen LogP contribution < -0.4 is 5.32 Å². The van der Waals surface area contributed by atoms with Gasteiger partial charge in [0.05, 0.1) is 5.25 Å². The van der Waals surface area contributed by atoms with Gasteiger partial charge in [-0.3, -0.25) is 4.79 Å². The summed E-state index contributed by atoms with van der Waals surface area (Å²) in [5.41, 5.74) is 0. The van der Waals surface area contributed by atoms with Crippen LogP contribution in [0.5, 0.6) is 0 Å². The summed E-state index contributed by atoms with van der Waals surface area (Å²) in [7, 11) is 1.94. The second kappa shape index (κ2) is 8.30. The first-order valence-corrected chi connectivity index (χ1v) is 6.45. The fraction of sp³-hybridized carbons (Fsp3) is 0.909. The number of hydrogen-bond acceptors (Lipinski definition) is 3. The largest absolute Gasteiger partial charge is 0.319 e. The summed E-state index contributed by atoms with van der Waals surface area (Å²) in [6.07, 6.45) is 1.69. The van der Waals surface area contributed by atoms with Crippen molar-refractivity contribution in [3.8, 4) is 0 Å². The number of Topliss-reactive ketones (excluding diaryl/α,β-unsaturated/α-hetero) is 1. The lowest BCUT2D eigenvalue weighted by Gasteiger charge is -2.16. The average molecular weight is 217 g/mol. The molecule has 0 rings (SSSR count). The molecule has 0 radical (unpaired) electrons. The van der Waals surface area contributed by atoms with Crippen LogP contribution in [0.2, 0.25) is 0 Å². The average Bonchev–Trinajstić information content (AvgIpc) is 2.15. The highest BCUT2D eigenvalue weighted by molar-refractivity contribution is 8.00. The Hall–Kier alpha value is -0.0200. The highest BCUT2D eigenvalue weighted by Gasteiger charge is 2.17. The molecule has 0 bridgehead atoms. The first-order valence-electron chi connectivity index (χ1n) is 5.40. The molecule has 0 aliphatic carbocycles. The summed E-state index contributed by atoms with van der Waals surface area (Å²) in [4.78, 5) is 11.6. The van der Waals surface area contributed by atoms with Gasteiger partial charge in [-0.2, -0.15) is 0 Å². The minimum absolute atomic E-state index is 0.216. The molecule has 0 unspecified atom stereocenters. The minimum Gasteiger partial charge on any atom is -0.319 e. The van der Waals surface area contributed by atoms with Crippen molar-refractivity contribution in [1.82, 2.24) is 5.32 Å². The Morgan fingerprint density at radius 3 is 2.50 bits per heavy atom. The molecule has 0 heterocycles. The molecule has 0 amide bonds. The Morgan fingerprint density at radius 2 is 2.07 bits per heavy atom. The highest BCUT2D eigenvalue weighted by Crippen LogP contribution is 2.20. The molecule has 1 N–H and O–H groups in total. The van der Waals surface area contributed by atoms with Crippen LogP contribution in [0.4, 0.5) is 0 Å². The summed E-state index contributed by atoms with van der Waals surface area (Å²) in [5.74, 6) is 2.04. The van der Waals surface area contributed by atoms with Crippen molar-refractivity contribution in [3.63, 3.8) is 0 Å². The molecule has 3 heteroatoms. The predicted octanol–water partition coefficient (Wildman–Crippen LogP) is 2.33. The van der Waals surface area contributed by atoms with E-state index in [9.17, 15) is 4.79 Å². The van der Waals surface area contributed by atoms with E-state index in [0.29, 0.717) is 18.1 Å². The predicted molar refractivity (Wildman–Crippen MR) is 64.9 cm³/mol. The lowest BCUT2D eigenvalue weighted by Crippen LogP contribution is -2.21. The molecule has 0 aliphatic heterocycles. The maximum atomic E-state index is 11.6. The van der Waals surface area contributed by atoms with E-state index >= 15 is 0 Å². The van der Waals surface area contributed by atoms with Crippen LogP contribution in [0, 0.1) is 5.92 Å². The second-order valence-corrected chi connectivity index (χ2v) is 5.22. The summed E-state index contributed by atoms with van der Waals surface area (Å²) < 4.78 is 0. The van der Waals surface area contributed by atoms with Crippen molar-refractivity contribution >= 4 is 17.5 Å². The topological polar surface area (TPSA) is 29.1 Å². The van der Waals surface area contributed by atoms with E-state index in [4.69, 9.17) is 0 Å². The van der Waals surface area contributed by atoms with Gasteiger partial charge >= 0.3 is 0 Å². The first kappa shape index (κ1) is 14.0. The van der Waals surface area contributed by atoms with Crippen LogP contribution in [0.25, 0.3) is 0 Å². The Balaban J connectivity index is 3.91. The summed E-state index contributed by atoms with van der Waals surface area (Å²) in [5, 5.41) is 3.32. The fourth-order valence-corrected chi connectivity index (χ4v) is 2.73.